The first-order chi connectivity index (χ1) is 9.15. The van der Waals surface area contributed by atoms with Crippen LogP contribution < -0.4 is 5.32 Å². The van der Waals surface area contributed by atoms with Crippen LogP contribution in [0.3, 0.4) is 0 Å². The third-order valence-corrected chi connectivity index (χ3v) is 3.03. The minimum Gasteiger partial charge on any atom is -0.338 e. The van der Waals surface area contributed by atoms with Crippen molar-refractivity contribution >= 4 is 22.7 Å². The molecule has 0 spiro atoms. The van der Waals surface area contributed by atoms with E-state index in [1.807, 2.05) is 7.05 Å². The molecule has 0 amide bonds. The first-order valence-corrected chi connectivity index (χ1v) is 6.00. The van der Waals surface area contributed by atoms with Gasteiger partial charge in [0.05, 0.1) is 0 Å². The number of fused-ring (bicyclic) bond motifs is 1. The van der Waals surface area contributed by atoms with E-state index in [1.165, 1.54) is 11.9 Å². The predicted octanol–water partition coefficient (Wildman–Crippen LogP) is 2.12. The zero-order valence-electron chi connectivity index (χ0n) is 11.0. The zero-order valence-corrected chi connectivity index (χ0v) is 11.0. The lowest BCUT2D eigenvalue weighted by Gasteiger charge is -2.09. The van der Waals surface area contributed by atoms with E-state index in [1.54, 1.807) is 4.68 Å². The Balaban J connectivity index is 2.08. The van der Waals surface area contributed by atoms with Gasteiger partial charge in [-0.05, 0) is 31.0 Å². The van der Waals surface area contributed by atoms with E-state index in [9.17, 15) is 0 Å². The van der Waals surface area contributed by atoms with Crippen LogP contribution in [0.4, 0.5) is 11.5 Å². The Hall–Kier alpha value is -2.50. The van der Waals surface area contributed by atoms with Crippen molar-refractivity contribution in [2.24, 2.45) is 7.05 Å². The van der Waals surface area contributed by atoms with Crippen molar-refractivity contribution in [2.45, 2.75) is 13.8 Å². The summed E-state index contributed by atoms with van der Waals surface area (Å²) in [5.41, 5.74) is 4.75. The predicted molar refractivity (Wildman–Crippen MR) is 73.3 cm³/mol. The molecule has 96 valence electrons. The lowest BCUT2D eigenvalue weighted by atomic mass is 10.1. The number of anilines is 2. The summed E-state index contributed by atoms with van der Waals surface area (Å²) in [5, 5.41) is 11.4. The van der Waals surface area contributed by atoms with E-state index in [0.29, 0.717) is 17.0 Å². The fourth-order valence-corrected chi connectivity index (χ4v) is 1.94. The third kappa shape index (κ3) is 2.01. The van der Waals surface area contributed by atoms with Crippen LogP contribution in [0.1, 0.15) is 11.1 Å². The van der Waals surface area contributed by atoms with E-state index in [4.69, 9.17) is 0 Å². The molecule has 1 N–H and O–H groups in total. The molecular formula is C13H14N6. The largest absolute Gasteiger partial charge is 0.338 e. The summed E-state index contributed by atoms with van der Waals surface area (Å²) in [4.78, 5) is 8.42. The van der Waals surface area contributed by atoms with E-state index in [0.717, 1.165) is 11.3 Å². The number of hydrogen-bond acceptors (Lipinski definition) is 5. The van der Waals surface area contributed by atoms with Crippen LogP contribution in [0.2, 0.25) is 0 Å². The Morgan fingerprint density at radius 3 is 2.84 bits per heavy atom. The molecule has 0 aliphatic heterocycles. The smallest absolute Gasteiger partial charge is 0.183 e. The summed E-state index contributed by atoms with van der Waals surface area (Å²) in [6.07, 6.45) is 1.51. The number of aryl methyl sites for hydroxylation is 3. The lowest BCUT2D eigenvalue weighted by Crippen LogP contribution is -1.99. The van der Waals surface area contributed by atoms with Crippen molar-refractivity contribution in [3.8, 4) is 0 Å². The molecule has 0 fully saturated rings. The van der Waals surface area contributed by atoms with Gasteiger partial charge in [0.25, 0.3) is 0 Å². The molecule has 0 aliphatic rings. The van der Waals surface area contributed by atoms with Crippen LogP contribution in [0, 0.1) is 13.8 Å². The number of nitrogens with one attached hydrogen (secondary N) is 1. The second kappa shape index (κ2) is 4.31. The average molecular weight is 254 g/mol. The van der Waals surface area contributed by atoms with Gasteiger partial charge in [-0.15, -0.1) is 5.10 Å². The third-order valence-electron chi connectivity index (χ3n) is 3.03. The van der Waals surface area contributed by atoms with Gasteiger partial charge in [-0.25, -0.2) is 14.6 Å². The number of nitrogens with zero attached hydrogens (tertiary/aromatic N) is 5. The quantitative estimate of drug-likeness (QED) is 0.758. The normalized spacial score (nSPS) is 10.9. The number of rotatable bonds is 2. The SMILES string of the molecule is Cc1ccc(C)c(Nc2ncnc3c2nnn3C)c1. The second-order valence-electron chi connectivity index (χ2n) is 4.55. The topological polar surface area (TPSA) is 68.5 Å². The Kier molecular flexibility index (Phi) is 2.63. The van der Waals surface area contributed by atoms with E-state index < -0.39 is 0 Å². The molecule has 2 heterocycles. The van der Waals surface area contributed by atoms with Gasteiger partial charge >= 0.3 is 0 Å². The molecule has 0 bridgehead atoms. The van der Waals surface area contributed by atoms with Crippen LogP contribution in [0.25, 0.3) is 11.2 Å². The van der Waals surface area contributed by atoms with Gasteiger partial charge in [0.2, 0.25) is 0 Å². The monoisotopic (exact) mass is 254 g/mol. The molecule has 0 saturated carbocycles. The van der Waals surface area contributed by atoms with Crippen molar-refractivity contribution in [1.29, 1.82) is 0 Å². The Morgan fingerprint density at radius 1 is 1.16 bits per heavy atom. The molecule has 0 atom stereocenters. The van der Waals surface area contributed by atoms with Crippen molar-refractivity contribution in [3.05, 3.63) is 35.7 Å². The summed E-state index contributed by atoms with van der Waals surface area (Å²) in [5.74, 6) is 0.673. The van der Waals surface area contributed by atoms with Gasteiger partial charge in [0.15, 0.2) is 17.0 Å². The summed E-state index contributed by atoms with van der Waals surface area (Å²) in [7, 11) is 1.81. The highest BCUT2D eigenvalue weighted by Crippen LogP contribution is 2.23. The van der Waals surface area contributed by atoms with Gasteiger partial charge in [-0.2, -0.15) is 0 Å². The lowest BCUT2D eigenvalue weighted by molar-refractivity contribution is 0.729. The first kappa shape index (κ1) is 11.6. The van der Waals surface area contributed by atoms with Crippen LogP contribution in [0.15, 0.2) is 24.5 Å². The molecule has 6 heteroatoms. The van der Waals surface area contributed by atoms with Crippen LogP contribution in [-0.2, 0) is 7.05 Å². The second-order valence-corrected chi connectivity index (χ2v) is 4.55. The number of benzene rings is 1. The van der Waals surface area contributed by atoms with Crippen molar-refractivity contribution in [3.63, 3.8) is 0 Å². The van der Waals surface area contributed by atoms with Crippen molar-refractivity contribution in [1.82, 2.24) is 25.0 Å². The molecule has 6 nitrogen and oxygen atoms in total. The zero-order chi connectivity index (χ0) is 13.4. The van der Waals surface area contributed by atoms with Crippen molar-refractivity contribution in [2.75, 3.05) is 5.32 Å². The average Bonchev–Trinajstić information content (AvgIpc) is 2.77. The standard InChI is InChI=1S/C13H14N6/c1-8-4-5-9(2)10(6-8)16-12-11-13(15-7-14-12)19(3)18-17-11/h4-7H,1-3H3,(H,14,15,16). The summed E-state index contributed by atoms with van der Waals surface area (Å²) in [6, 6.07) is 6.24. The van der Waals surface area contributed by atoms with Crippen molar-refractivity contribution < 1.29 is 0 Å². The highest BCUT2D eigenvalue weighted by atomic mass is 15.4. The summed E-state index contributed by atoms with van der Waals surface area (Å²) >= 11 is 0. The van der Waals surface area contributed by atoms with E-state index in [-0.39, 0.29) is 0 Å². The number of aromatic nitrogens is 5. The van der Waals surface area contributed by atoms with Gasteiger partial charge in [-0.3, -0.25) is 0 Å². The molecule has 0 radical (unpaired) electrons. The maximum Gasteiger partial charge on any atom is 0.183 e. The molecule has 1 aromatic carbocycles. The fraction of sp³-hybridized carbons (Fsp3) is 0.231. The molecular weight excluding hydrogens is 240 g/mol. The molecule has 0 aliphatic carbocycles. The minimum atomic E-state index is 0.672. The molecule has 0 unspecified atom stereocenters. The summed E-state index contributed by atoms with van der Waals surface area (Å²) < 4.78 is 1.63. The Morgan fingerprint density at radius 2 is 2.00 bits per heavy atom. The van der Waals surface area contributed by atoms with Crippen LogP contribution in [0.5, 0.6) is 0 Å². The Labute approximate surface area is 110 Å². The van der Waals surface area contributed by atoms with E-state index >= 15 is 0 Å². The molecule has 19 heavy (non-hydrogen) atoms. The highest BCUT2D eigenvalue weighted by Gasteiger charge is 2.10. The van der Waals surface area contributed by atoms with Gasteiger partial charge < -0.3 is 5.32 Å². The number of hydrogen-bond donors (Lipinski definition) is 1. The van der Waals surface area contributed by atoms with Gasteiger partial charge in [0, 0.05) is 12.7 Å². The maximum absolute atomic E-state index is 4.25. The van der Waals surface area contributed by atoms with Crippen LogP contribution in [-0.4, -0.2) is 25.0 Å². The summed E-state index contributed by atoms with van der Waals surface area (Å²) in [6.45, 7) is 4.11. The molecule has 3 aromatic rings. The molecule has 3 rings (SSSR count). The Bertz CT molecular complexity index is 746. The van der Waals surface area contributed by atoms with Crippen LogP contribution >= 0.6 is 0 Å². The van der Waals surface area contributed by atoms with Gasteiger partial charge in [-0.1, -0.05) is 17.3 Å². The maximum atomic E-state index is 4.25. The highest BCUT2D eigenvalue weighted by molar-refractivity contribution is 5.84. The van der Waals surface area contributed by atoms with E-state index in [2.05, 4.69) is 57.6 Å². The molecule has 0 saturated heterocycles. The van der Waals surface area contributed by atoms with Gasteiger partial charge in [0.1, 0.15) is 6.33 Å². The molecule has 2 aromatic heterocycles. The minimum absolute atomic E-state index is 0.672. The fourth-order valence-electron chi connectivity index (χ4n) is 1.94. The first-order valence-electron chi connectivity index (χ1n) is 6.00.